The van der Waals surface area contributed by atoms with E-state index in [1.54, 1.807) is 11.8 Å². The fraction of sp³-hybridized carbons (Fsp3) is 0.400. The second-order valence-electron chi connectivity index (χ2n) is 4.58. The van der Waals surface area contributed by atoms with Gasteiger partial charge in [0.05, 0.1) is 17.5 Å². The summed E-state index contributed by atoms with van der Waals surface area (Å²) < 4.78 is 0. The molecule has 2 N–H and O–H groups in total. The molecule has 2 rings (SSSR count). The van der Waals surface area contributed by atoms with Gasteiger partial charge in [0.25, 0.3) is 0 Å². The number of aliphatic hydroxyl groups excluding tert-OH is 1. The Labute approximate surface area is 118 Å². The highest BCUT2D eigenvalue weighted by atomic mass is 32.2. The van der Waals surface area contributed by atoms with Crippen LogP contribution in [0.5, 0.6) is 0 Å². The quantitative estimate of drug-likeness (QED) is 0.811. The molecular formula is C15H18N2OS. The lowest BCUT2D eigenvalue weighted by Gasteiger charge is -2.08. The zero-order valence-corrected chi connectivity index (χ0v) is 11.9. The molecule has 0 fully saturated rings. The van der Waals surface area contributed by atoms with Crippen molar-refractivity contribution in [2.45, 2.75) is 26.2 Å². The minimum atomic E-state index is 0.214. The maximum Gasteiger partial charge on any atom is 0.0994 e. The van der Waals surface area contributed by atoms with E-state index in [0.717, 1.165) is 36.3 Å². The van der Waals surface area contributed by atoms with Gasteiger partial charge in [-0.2, -0.15) is 5.26 Å². The second kappa shape index (κ2) is 6.65. The first kappa shape index (κ1) is 14.0. The van der Waals surface area contributed by atoms with E-state index in [1.807, 2.05) is 12.1 Å². The predicted molar refractivity (Wildman–Crippen MR) is 79.4 cm³/mol. The van der Waals surface area contributed by atoms with Gasteiger partial charge >= 0.3 is 0 Å². The standard InChI is InChI=1S/C15H18N2OS/c1-11-15(19-10-17-11)13-5-6-14(9-16)12(8-13)4-2-3-7-18/h5-6,8,17-18H,2-4,7,10H2,1H3. The van der Waals surface area contributed by atoms with Gasteiger partial charge in [-0.1, -0.05) is 6.07 Å². The summed E-state index contributed by atoms with van der Waals surface area (Å²) in [5.74, 6) is 0.918. The van der Waals surface area contributed by atoms with Crippen LogP contribution in [0.15, 0.2) is 23.9 Å². The van der Waals surface area contributed by atoms with E-state index in [1.165, 1.54) is 16.2 Å². The Hall–Kier alpha value is -1.44. The Bertz CT molecular complexity index is 531. The smallest absolute Gasteiger partial charge is 0.0994 e. The molecule has 0 saturated heterocycles. The van der Waals surface area contributed by atoms with Gasteiger partial charge in [0.2, 0.25) is 0 Å². The number of benzene rings is 1. The number of allylic oxidation sites excluding steroid dienone is 1. The summed E-state index contributed by atoms with van der Waals surface area (Å²) in [6.07, 6.45) is 2.55. The molecule has 0 spiro atoms. The summed E-state index contributed by atoms with van der Waals surface area (Å²) in [5, 5.41) is 21.3. The van der Waals surface area contributed by atoms with Crippen LogP contribution >= 0.6 is 11.8 Å². The Morgan fingerprint density at radius 3 is 2.89 bits per heavy atom. The monoisotopic (exact) mass is 274 g/mol. The van der Waals surface area contributed by atoms with Crippen molar-refractivity contribution in [2.75, 3.05) is 12.5 Å². The Morgan fingerprint density at radius 1 is 1.42 bits per heavy atom. The average Bonchev–Trinajstić information content (AvgIpc) is 2.85. The largest absolute Gasteiger partial charge is 0.396 e. The molecule has 0 aliphatic carbocycles. The number of aryl methyl sites for hydroxylation is 1. The molecule has 4 heteroatoms. The Kier molecular flexibility index (Phi) is 4.89. The average molecular weight is 274 g/mol. The summed E-state index contributed by atoms with van der Waals surface area (Å²) in [5.41, 5.74) is 4.22. The molecule has 100 valence electrons. The Morgan fingerprint density at radius 2 is 2.26 bits per heavy atom. The van der Waals surface area contributed by atoms with E-state index in [0.29, 0.717) is 0 Å². The van der Waals surface area contributed by atoms with Crippen molar-refractivity contribution in [3.63, 3.8) is 0 Å². The fourth-order valence-electron chi connectivity index (χ4n) is 2.18. The molecule has 3 nitrogen and oxygen atoms in total. The number of nitrogens with zero attached hydrogens (tertiary/aromatic N) is 1. The number of rotatable bonds is 5. The van der Waals surface area contributed by atoms with Crippen LogP contribution in [0, 0.1) is 11.3 Å². The predicted octanol–water partition coefficient (Wildman–Crippen LogP) is 2.86. The summed E-state index contributed by atoms with van der Waals surface area (Å²) in [7, 11) is 0. The second-order valence-corrected chi connectivity index (χ2v) is 5.57. The number of hydrogen-bond acceptors (Lipinski definition) is 4. The first-order valence-electron chi connectivity index (χ1n) is 6.48. The number of unbranched alkanes of at least 4 members (excludes halogenated alkanes) is 1. The highest BCUT2D eigenvalue weighted by Crippen LogP contribution is 2.34. The number of nitrogens with one attached hydrogen (secondary N) is 1. The van der Waals surface area contributed by atoms with E-state index in [9.17, 15) is 0 Å². The van der Waals surface area contributed by atoms with Crippen molar-refractivity contribution in [3.05, 3.63) is 40.6 Å². The summed E-state index contributed by atoms with van der Waals surface area (Å²) in [6, 6.07) is 8.30. The van der Waals surface area contributed by atoms with Gasteiger partial charge in [-0.25, -0.2) is 0 Å². The topological polar surface area (TPSA) is 56.0 Å². The van der Waals surface area contributed by atoms with Crippen LogP contribution in [0.1, 0.15) is 36.5 Å². The molecule has 0 amide bonds. The molecular weight excluding hydrogens is 256 g/mol. The maximum absolute atomic E-state index is 9.15. The third kappa shape index (κ3) is 3.31. The number of aliphatic hydroxyl groups is 1. The van der Waals surface area contributed by atoms with Crippen molar-refractivity contribution in [1.29, 1.82) is 5.26 Å². The summed E-state index contributed by atoms with van der Waals surface area (Å²) in [4.78, 5) is 1.27. The minimum absolute atomic E-state index is 0.214. The third-order valence-electron chi connectivity index (χ3n) is 3.24. The van der Waals surface area contributed by atoms with Crippen LogP contribution in [0.4, 0.5) is 0 Å². The van der Waals surface area contributed by atoms with Crippen LogP contribution in [-0.4, -0.2) is 17.6 Å². The van der Waals surface area contributed by atoms with E-state index in [2.05, 4.69) is 24.4 Å². The van der Waals surface area contributed by atoms with E-state index in [4.69, 9.17) is 10.4 Å². The lowest BCUT2D eigenvalue weighted by atomic mass is 9.99. The normalized spacial score (nSPS) is 14.4. The molecule has 1 aliphatic heterocycles. The van der Waals surface area contributed by atoms with Crippen molar-refractivity contribution >= 4 is 16.7 Å². The highest BCUT2D eigenvalue weighted by Gasteiger charge is 2.14. The van der Waals surface area contributed by atoms with Gasteiger partial charge in [-0.15, -0.1) is 11.8 Å². The molecule has 0 bridgehead atoms. The van der Waals surface area contributed by atoms with E-state index in [-0.39, 0.29) is 6.61 Å². The molecule has 1 heterocycles. The number of nitriles is 1. The van der Waals surface area contributed by atoms with E-state index < -0.39 is 0 Å². The van der Waals surface area contributed by atoms with Crippen LogP contribution in [0.3, 0.4) is 0 Å². The summed E-state index contributed by atoms with van der Waals surface area (Å²) >= 11 is 1.80. The van der Waals surface area contributed by atoms with Crippen LogP contribution in [0.2, 0.25) is 0 Å². The molecule has 0 unspecified atom stereocenters. The van der Waals surface area contributed by atoms with Gasteiger partial charge in [0, 0.05) is 17.2 Å². The number of hydrogen-bond donors (Lipinski definition) is 2. The lowest BCUT2D eigenvalue weighted by Crippen LogP contribution is -2.02. The SMILES string of the molecule is CC1=C(c2ccc(C#N)c(CCCCO)c2)SCN1. The van der Waals surface area contributed by atoms with E-state index >= 15 is 0 Å². The molecule has 1 aromatic carbocycles. The zero-order valence-electron chi connectivity index (χ0n) is 11.1. The maximum atomic E-state index is 9.15. The first-order valence-corrected chi connectivity index (χ1v) is 7.46. The van der Waals surface area contributed by atoms with Gasteiger partial charge in [0.15, 0.2) is 0 Å². The zero-order chi connectivity index (χ0) is 13.7. The van der Waals surface area contributed by atoms with Crippen LogP contribution in [0.25, 0.3) is 4.91 Å². The molecule has 1 aliphatic rings. The molecule has 0 saturated carbocycles. The third-order valence-corrected chi connectivity index (χ3v) is 4.36. The minimum Gasteiger partial charge on any atom is -0.396 e. The fourth-order valence-corrected chi connectivity index (χ4v) is 3.20. The molecule has 0 radical (unpaired) electrons. The summed E-state index contributed by atoms with van der Waals surface area (Å²) in [6.45, 7) is 2.30. The van der Waals surface area contributed by atoms with Crippen LogP contribution < -0.4 is 5.32 Å². The van der Waals surface area contributed by atoms with Gasteiger partial charge < -0.3 is 10.4 Å². The highest BCUT2D eigenvalue weighted by molar-refractivity contribution is 8.08. The Balaban J connectivity index is 2.25. The van der Waals surface area contributed by atoms with Crippen molar-refractivity contribution < 1.29 is 5.11 Å². The van der Waals surface area contributed by atoms with Crippen LogP contribution in [-0.2, 0) is 6.42 Å². The lowest BCUT2D eigenvalue weighted by molar-refractivity contribution is 0.284. The molecule has 19 heavy (non-hydrogen) atoms. The number of thioether (sulfide) groups is 1. The van der Waals surface area contributed by atoms with Gasteiger partial charge in [0.1, 0.15) is 0 Å². The molecule has 0 aromatic heterocycles. The molecule has 1 aromatic rings. The van der Waals surface area contributed by atoms with Crippen molar-refractivity contribution in [2.24, 2.45) is 0 Å². The molecule has 0 atom stereocenters. The van der Waals surface area contributed by atoms with Gasteiger partial charge in [-0.3, -0.25) is 0 Å². The van der Waals surface area contributed by atoms with Gasteiger partial charge in [-0.05, 0) is 49.4 Å². The first-order chi connectivity index (χ1) is 9.26. The van der Waals surface area contributed by atoms with Crippen molar-refractivity contribution in [3.8, 4) is 6.07 Å². The van der Waals surface area contributed by atoms with Crippen molar-refractivity contribution in [1.82, 2.24) is 5.32 Å².